The Labute approximate surface area is 174 Å². The molecule has 0 aliphatic carbocycles. The quantitative estimate of drug-likeness (QED) is 0.700. The van der Waals surface area contributed by atoms with Crippen LogP contribution < -0.4 is 5.32 Å². The molecule has 4 heterocycles. The van der Waals surface area contributed by atoms with E-state index >= 15 is 0 Å². The van der Waals surface area contributed by atoms with E-state index in [1.165, 1.54) is 0 Å². The van der Waals surface area contributed by atoms with Gasteiger partial charge in [0.25, 0.3) is 5.91 Å². The lowest BCUT2D eigenvalue weighted by atomic mass is 9.95. The molecule has 0 spiro atoms. The molecule has 2 amide bonds. The molecule has 30 heavy (non-hydrogen) atoms. The minimum absolute atomic E-state index is 0.00442. The molecule has 5 rings (SSSR count). The zero-order chi connectivity index (χ0) is 20.7. The van der Waals surface area contributed by atoms with E-state index in [2.05, 4.69) is 20.4 Å². The van der Waals surface area contributed by atoms with Crippen molar-refractivity contribution < 1.29 is 9.59 Å². The largest absolute Gasteiger partial charge is 0.347 e. The van der Waals surface area contributed by atoms with Gasteiger partial charge in [-0.15, -0.1) is 0 Å². The maximum Gasteiger partial charge on any atom is 0.254 e. The van der Waals surface area contributed by atoms with Gasteiger partial charge >= 0.3 is 0 Å². The number of nitrogens with zero attached hydrogens (tertiary/aromatic N) is 4. The Hall–Kier alpha value is -3.42. The number of rotatable bonds is 3. The van der Waals surface area contributed by atoms with Crippen molar-refractivity contribution in [1.29, 1.82) is 0 Å². The van der Waals surface area contributed by atoms with E-state index in [-0.39, 0.29) is 17.7 Å². The number of benzene rings is 1. The predicted molar refractivity (Wildman–Crippen MR) is 111 cm³/mol. The summed E-state index contributed by atoms with van der Waals surface area (Å²) in [5.74, 6) is -0.128. The minimum atomic E-state index is -0.0890. The fourth-order valence-corrected chi connectivity index (χ4v) is 4.28. The van der Waals surface area contributed by atoms with Crippen molar-refractivity contribution in [2.45, 2.75) is 39.3 Å². The maximum absolute atomic E-state index is 13.1. The standard InChI is InChI=1S/C22H24N6O2/c1-14-2-3-16(22(30)27-8-6-18-20(12-27)24-13-23-18)11-19(14)26-21(29)15-5-9-28-17(10-15)4-7-25-28/h2-4,7,11,13,15H,5-6,8-10,12H2,1H3,(H,23,24)(H,26,29). The van der Waals surface area contributed by atoms with Gasteiger partial charge in [0.05, 0.1) is 24.3 Å². The number of carbonyl (C=O) groups excluding carboxylic acids is 2. The van der Waals surface area contributed by atoms with Gasteiger partial charge in [0.15, 0.2) is 0 Å². The number of H-pyrrole nitrogens is 1. The summed E-state index contributed by atoms with van der Waals surface area (Å²) in [5, 5.41) is 7.33. The number of anilines is 1. The maximum atomic E-state index is 13.1. The number of aromatic amines is 1. The van der Waals surface area contributed by atoms with Crippen LogP contribution in [-0.2, 0) is 30.7 Å². The first-order valence-corrected chi connectivity index (χ1v) is 10.3. The van der Waals surface area contributed by atoms with Crippen LogP contribution in [0.3, 0.4) is 0 Å². The van der Waals surface area contributed by atoms with E-state index in [1.54, 1.807) is 18.6 Å². The third kappa shape index (κ3) is 3.38. The summed E-state index contributed by atoms with van der Waals surface area (Å²) in [7, 11) is 0. The van der Waals surface area contributed by atoms with Crippen LogP contribution in [0.5, 0.6) is 0 Å². The average Bonchev–Trinajstić information content (AvgIpc) is 3.42. The fraction of sp³-hybridized carbons (Fsp3) is 0.364. The van der Waals surface area contributed by atoms with Crippen LogP contribution in [0.15, 0.2) is 36.8 Å². The van der Waals surface area contributed by atoms with Gasteiger partial charge in [-0.3, -0.25) is 14.3 Å². The molecular weight excluding hydrogens is 380 g/mol. The molecule has 2 N–H and O–H groups in total. The fourth-order valence-electron chi connectivity index (χ4n) is 4.28. The van der Waals surface area contributed by atoms with Gasteiger partial charge in [-0.05, 0) is 37.1 Å². The summed E-state index contributed by atoms with van der Waals surface area (Å²) in [6.07, 6.45) is 5.65. The second-order valence-corrected chi connectivity index (χ2v) is 8.06. The first kappa shape index (κ1) is 18.6. The molecule has 0 saturated heterocycles. The Morgan fingerprint density at radius 3 is 3.03 bits per heavy atom. The number of hydrogen-bond donors (Lipinski definition) is 2. The van der Waals surface area contributed by atoms with E-state index in [0.29, 0.717) is 30.8 Å². The molecule has 8 nitrogen and oxygen atoms in total. The van der Waals surface area contributed by atoms with Crippen LogP contribution >= 0.6 is 0 Å². The van der Waals surface area contributed by atoms with Crippen molar-refractivity contribution in [1.82, 2.24) is 24.6 Å². The Morgan fingerprint density at radius 1 is 1.23 bits per heavy atom. The normalized spacial score (nSPS) is 17.9. The molecule has 0 saturated carbocycles. The lowest BCUT2D eigenvalue weighted by molar-refractivity contribution is -0.120. The monoisotopic (exact) mass is 404 g/mol. The Bertz CT molecular complexity index is 1110. The van der Waals surface area contributed by atoms with Crippen molar-refractivity contribution in [2.75, 3.05) is 11.9 Å². The van der Waals surface area contributed by atoms with Gasteiger partial charge < -0.3 is 15.2 Å². The summed E-state index contributed by atoms with van der Waals surface area (Å²) < 4.78 is 1.96. The zero-order valence-electron chi connectivity index (χ0n) is 16.9. The molecule has 0 fully saturated rings. The summed E-state index contributed by atoms with van der Waals surface area (Å²) >= 11 is 0. The Balaban J connectivity index is 1.30. The number of carbonyl (C=O) groups is 2. The van der Waals surface area contributed by atoms with Crippen molar-refractivity contribution in [3.63, 3.8) is 0 Å². The molecular formula is C22H24N6O2. The summed E-state index contributed by atoms with van der Waals surface area (Å²) in [4.78, 5) is 35.2. The molecule has 3 aromatic rings. The number of aromatic nitrogens is 4. The first-order valence-electron chi connectivity index (χ1n) is 10.3. The predicted octanol–water partition coefficient (Wildman–Crippen LogP) is 2.31. The summed E-state index contributed by atoms with van der Waals surface area (Å²) in [5.41, 5.74) is 5.34. The van der Waals surface area contributed by atoms with Gasteiger partial charge in [0.2, 0.25) is 5.91 Å². The second-order valence-electron chi connectivity index (χ2n) is 8.06. The highest BCUT2D eigenvalue weighted by Crippen LogP contribution is 2.25. The third-order valence-corrected chi connectivity index (χ3v) is 6.12. The van der Waals surface area contributed by atoms with Crippen molar-refractivity contribution in [3.8, 4) is 0 Å². The highest BCUT2D eigenvalue weighted by atomic mass is 16.2. The molecule has 2 aromatic heterocycles. The van der Waals surface area contributed by atoms with Gasteiger partial charge in [-0.1, -0.05) is 6.07 Å². The molecule has 1 atom stereocenters. The number of imidazole rings is 1. The third-order valence-electron chi connectivity index (χ3n) is 6.12. The van der Waals surface area contributed by atoms with Crippen LogP contribution in [0.2, 0.25) is 0 Å². The van der Waals surface area contributed by atoms with Gasteiger partial charge in [-0.2, -0.15) is 5.10 Å². The van der Waals surface area contributed by atoms with Gasteiger partial charge in [0.1, 0.15) is 0 Å². The topological polar surface area (TPSA) is 95.9 Å². The number of aryl methyl sites for hydroxylation is 2. The number of amides is 2. The number of nitrogens with one attached hydrogen (secondary N) is 2. The number of fused-ring (bicyclic) bond motifs is 2. The van der Waals surface area contributed by atoms with E-state index in [0.717, 1.165) is 42.0 Å². The molecule has 8 heteroatoms. The molecule has 1 unspecified atom stereocenters. The highest BCUT2D eigenvalue weighted by molar-refractivity contribution is 5.98. The van der Waals surface area contributed by atoms with Crippen LogP contribution in [0.25, 0.3) is 0 Å². The second kappa shape index (κ2) is 7.44. The van der Waals surface area contributed by atoms with Crippen LogP contribution in [0.4, 0.5) is 5.69 Å². The molecule has 0 radical (unpaired) electrons. The highest BCUT2D eigenvalue weighted by Gasteiger charge is 2.27. The molecule has 2 aliphatic heterocycles. The Morgan fingerprint density at radius 2 is 2.13 bits per heavy atom. The first-order chi connectivity index (χ1) is 14.6. The van der Waals surface area contributed by atoms with E-state index in [1.807, 2.05) is 34.7 Å². The minimum Gasteiger partial charge on any atom is -0.347 e. The van der Waals surface area contributed by atoms with E-state index in [4.69, 9.17) is 0 Å². The van der Waals surface area contributed by atoms with Gasteiger partial charge in [0, 0.05) is 55.0 Å². The molecule has 154 valence electrons. The zero-order valence-corrected chi connectivity index (χ0v) is 16.9. The van der Waals surface area contributed by atoms with Gasteiger partial charge in [-0.25, -0.2) is 4.98 Å². The number of hydrogen-bond acceptors (Lipinski definition) is 4. The SMILES string of the molecule is Cc1ccc(C(=O)N2CCc3nc[nH]c3C2)cc1NC(=O)C1CCn2nccc2C1. The van der Waals surface area contributed by atoms with Crippen LogP contribution in [-0.4, -0.2) is 43.0 Å². The van der Waals surface area contributed by atoms with E-state index < -0.39 is 0 Å². The lowest BCUT2D eigenvalue weighted by Crippen LogP contribution is -2.36. The summed E-state index contributed by atoms with van der Waals surface area (Å²) in [6, 6.07) is 7.48. The summed E-state index contributed by atoms with van der Waals surface area (Å²) in [6.45, 7) is 3.86. The van der Waals surface area contributed by atoms with Crippen molar-refractivity contribution in [2.24, 2.45) is 5.92 Å². The van der Waals surface area contributed by atoms with Crippen molar-refractivity contribution in [3.05, 3.63) is 65.0 Å². The van der Waals surface area contributed by atoms with E-state index in [9.17, 15) is 9.59 Å². The van der Waals surface area contributed by atoms with Crippen molar-refractivity contribution >= 4 is 17.5 Å². The van der Waals surface area contributed by atoms with Crippen LogP contribution in [0, 0.1) is 12.8 Å². The van der Waals surface area contributed by atoms with Crippen LogP contribution in [0.1, 0.15) is 39.4 Å². The average molecular weight is 404 g/mol. The molecule has 2 aliphatic rings. The molecule has 0 bridgehead atoms. The Kier molecular flexibility index (Phi) is 4.61. The lowest BCUT2D eigenvalue weighted by Gasteiger charge is -2.27. The smallest absolute Gasteiger partial charge is 0.254 e. The molecule has 1 aromatic carbocycles.